The third kappa shape index (κ3) is 9.35. The largest absolute Gasteiger partial charge is 0.444 e. The Balaban J connectivity index is 3.47. The lowest BCUT2D eigenvalue weighted by molar-refractivity contribution is -0.143. The number of hydrogen-bond donors (Lipinski definition) is 2. The molecular weight excluding hydrogens is 430 g/mol. The number of benzene rings is 1. The quantitative estimate of drug-likeness (QED) is 0.496. The lowest BCUT2D eigenvalue weighted by Gasteiger charge is -2.35. The van der Waals surface area contributed by atoms with Gasteiger partial charge in [0.2, 0.25) is 11.8 Å². The van der Waals surface area contributed by atoms with Crippen molar-refractivity contribution in [2.75, 3.05) is 6.54 Å². The molecule has 2 atom stereocenters. The van der Waals surface area contributed by atoms with E-state index in [1.54, 1.807) is 25.7 Å². The van der Waals surface area contributed by atoms with E-state index < -0.39 is 23.8 Å². The standard InChI is InChI=1S/C27H45N3O4/c1-11-14-30(25(32)22(15-17(2)3)29-26(33)34-27(8,9)10)23(24(31)28-18(4)5)21-13-12-19(6)16-20(21)7/h12-13,16-18,22-23H,11,14-15H2,1-10H3,(H,28,31)(H,29,33). The van der Waals surface area contributed by atoms with Crippen LogP contribution in [0.15, 0.2) is 18.2 Å². The monoisotopic (exact) mass is 475 g/mol. The summed E-state index contributed by atoms with van der Waals surface area (Å²) in [6, 6.07) is 4.21. The summed E-state index contributed by atoms with van der Waals surface area (Å²) in [5.41, 5.74) is 2.13. The Morgan fingerprint density at radius 2 is 1.65 bits per heavy atom. The van der Waals surface area contributed by atoms with E-state index in [1.165, 1.54) is 0 Å². The molecule has 7 nitrogen and oxygen atoms in total. The van der Waals surface area contributed by atoms with Crippen LogP contribution in [0.25, 0.3) is 0 Å². The van der Waals surface area contributed by atoms with Crippen LogP contribution in [0.1, 0.15) is 91.0 Å². The van der Waals surface area contributed by atoms with Gasteiger partial charge in [-0.3, -0.25) is 9.59 Å². The van der Waals surface area contributed by atoms with Crippen LogP contribution in [0.3, 0.4) is 0 Å². The Bertz CT molecular complexity index is 843. The van der Waals surface area contributed by atoms with E-state index in [0.29, 0.717) is 19.4 Å². The van der Waals surface area contributed by atoms with Gasteiger partial charge in [0.1, 0.15) is 17.7 Å². The summed E-state index contributed by atoms with van der Waals surface area (Å²) < 4.78 is 5.42. The van der Waals surface area contributed by atoms with Gasteiger partial charge in [-0.15, -0.1) is 0 Å². The molecule has 0 saturated heterocycles. The smallest absolute Gasteiger partial charge is 0.408 e. The molecule has 0 radical (unpaired) electrons. The molecule has 0 fully saturated rings. The molecule has 0 bridgehead atoms. The fraction of sp³-hybridized carbons (Fsp3) is 0.667. The molecule has 0 saturated carbocycles. The summed E-state index contributed by atoms with van der Waals surface area (Å²) in [6.07, 6.45) is 0.463. The zero-order valence-corrected chi connectivity index (χ0v) is 22.7. The molecule has 0 aliphatic heterocycles. The van der Waals surface area contributed by atoms with Gasteiger partial charge in [0.15, 0.2) is 0 Å². The summed E-state index contributed by atoms with van der Waals surface area (Å²) in [5.74, 6) is -0.369. The summed E-state index contributed by atoms with van der Waals surface area (Å²) in [6.45, 7) is 19.4. The molecule has 34 heavy (non-hydrogen) atoms. The molecule has 192 valence electrons. The van der Waals surface area contributed by atoms with Crippen LogP contribution >= 0.6 is 0 Å². The molecule has 2 N–H and O–H groups in total. The second kappa shape index (κ2) is 12.8. The van der Waals surface area contributed by atoms with E-state index in [4.69, 9.17) is 4.74 Å². The van der Waals surface area contributed by atoms with Crippen molar-refractivity contribution in [3.8, 4) is 0 Å². The molecule has 3 amide bonds. The number of hydrogen-bond acceptors (Lipinski definition) is 4. The predicted octanol–water partition coefficient (Wildman–Crippen LogP) is 5.05. The number of amides is 3. The second-order valence-corrected chi connectivity index (χ2v) is 10.8. The van der Waals surface area contributed by atoms with Crippen molar-refractivity contribution in [3.05, 3.63) is 34.9 Å². The van der Waals surface area contributed by atoms with E-state index in [-0.39, 0.29) is 23.8 Å². The fourth-order valence-electron chi connectivity index (χ4n) is 3.90. The molecule has 1 aromatic rings. The highest BCUT2D eigenvalue weighted by molar-refractivity contribution is 5.92. The van der Waals surface area contributed by atoms with E-state index in [2.05, 4.69) is 10.6 Å². The first-order valence-corrected chi connectivity index (χ1v) is 12.3. The molecule has 0 spiro atoms. The molecule has 1 aromatic carbocycles. The van der Waals surface area contributed by atoms with Crippen LogP contribution in [-0.2, 0) is 14.3 Å². The molecular formula is C27H45N3O4. The van der Waals surface area contributed by atoms with Gasteiger partial charge in [-0.1, -0.05) is 44.5 Å². The molecule has 0 heterocycles. The van der Waals surface area contributed by atoms with Gasteiger partial charge in [0.25, 0.3) is 0 Å². The molecule has 7 heteroatoms. The second-order valence-electron chi connectivity index (χ2n) is 10.8. The number of ether oxygens (including phenoxy) is 1. The maximum absolute atomic E-state index is 13.9. The normalized spacial score (nSPS) is 13.4. The van der Waals surface area contributed by atoms with Gasteiger partial charge in [0.05, 0.1) is 0 Å². The summed E-state index contributed by atoms with van der Waals surface area (Å²) in [7, 11) is 0. The summed E-state index contributed by atoms with van der Waals surface area (Å²) in [5, 5.41) is 5.75. The van der Waals surface area contributed by atoms with Gasteiger partial charge in [-0.05, 0) is 78.4 Å². The number of carbonyl (C=O) groups excluding carboxylic acids is 3. The number of aryl methyl sites for hydroxylation is 2. The number of nitrogens with one attached hydrogen (secondary N) is 2. The van der Waals surface area contributed by atoms with Crippen LogP contribution in [0, 0.1) is 19.8 Å². The van der Waals surface area contributed by atoms with Crippen molar-refractivity contribution in [1.82, 2.24) is 15.5 Å². The van der Waals surface area contributed by atoms with Crippen molar-refractivity contribution in [1.29, 1.82) is 0 Å². The Morgan fingerprint density at radius 3 is 2.12 bits per heavy atom. The molecule has 2 unspecified atom stereocenters. The first-order valence-electron chi connectivity index (χ1n) is 12.3. The van der Waals surface area contributed by atoms with Gasteiger partial charge < -0.3 is 20.3 Å². The average Bonchev–Trinajstić information content (AvgIpc) is 2.65. The highest BCUT2D eigenvalue weighted by Gasteiger charge is 2.36. The Labute approximate surface area is 206 Å². The van der Waals surface area contributed by atoms with Gasteiger partial charge in [0, 0.05) is 12.6 Å². The zero-order chi connectivity index (χ0) is 26.2. The SMILES string of the molecule is CCCN(C(=O)C(CC(C)C)NC(=O)OC(C)(C)C)C(C(=O)NC(C)C)c1ccc(C)cc1C. The van der Waals surface area contributed by atoms with Crippen LogP contribution < -0.4 is 10.6 Å². The molecule has 0 aliphatic carbocycles. The average molecular weight is 476 g/mol. The van der Waals surface area contributed by atoms with Crippen LogP contribution in [-0.4, -0.2) is 47.0 Å². The third-order valence-electron chi connectivity index (χ3n) is 5.15. The van der Waals surface area contributed by atoms with E-state index in [9.17, 15) is 14.4 Å². The minimum Gasteiger partial charge on any atom is -0.444 e. The van der Waals surface area contributed by atoms with Crippen molar-refractivity contribution in [2.24, 2.45) is 5.92 Å². The summed E-state index contributed by atoms with van der Waals surface area (Å²) >= 11 is 0. The van der Waals surface area contributed by atoms with Gasteiger partial charge in [-0.2, -0.15) is 0 Å². The van der Waals surface area contributed by atoms with Gasteiger partial charge >= 0.3 is 6.09 Å². The highest BCUT2D eigenvalue weighted by Crippen LogP contribution is 2.27. The topological polar surface area (TPSA) is 87.7 Å². The summed E-state index contributed by atoms with van der Waals surface area (Å²) in [4.78, 5) is 41.6. The lowest BCUT2D eigenvalue weighted by Crippen LogP contribution is -2.54. The number of carbonyl (C=O) groups is 3. The number of alkyl carbamates (subject to hydrolysis) is 1. The minimum absolute atomic E-state index is 0.0781. The van der Waals surface area contributed by atoms with Crippen molar-refractivity contribution >= 4 is 17.9 Å². The van der Waals surface area contributed by atoms with Crippen LogP contribution in [0.2, 0.25) is 0 Å². The van der Waals surface area contributed by atoms with E-state index >= 15 is 0 Å². The maximum atomic E-state index is 13.9. The van der Waals surface area contributed by atoms with Crippen molar-refractivity contribution < 1.29 is 19.1 Å². The highest BCUT2D eigenvalue weighted by atomic mass is 16.6. The molecule has 0 aliphatic rings. The minimum atomic E-state index is -0.804. The Morgan fingerprint density at radius 1 is 1.03 bits per heavy atom. The van der Waals surface area contributed by atoms with Crippen LogP contribution in [0.4, 0.5) is 4.79 Å². The van der Waals surface area contributed by atoms with E-state index in [0.717, 1.165) is 16.7 Å². The molecule has 0 aromatic heterocycles. The predicted molar refractivity (Wildman–Crippen MR) is 137 cm³/mol. The van der Waals surface area contributed by atoms with E-state index in [1.807, 2.05) is 66.7 Å². The first-order chi connectivity index (χ1) is 15.7. The first kappa shape index (κ1) is 29.5. The number of rotatable bonds is 10. The fourth-order valence-corrected chi connectivity index (χ4v) is 3.90. The maximum Gasteiger partial charge on any atom is 0.408 e. The lowest BCUT2D eigenvalue weighted by atomic mass is 9.95. The van der Waals surface area contributed by atoms with Crippen LogP contribution in [0.5, 0.6) is 0 Å². The number of nitrogens with zero attached hydrogens (tertiary/aromatic N) is 1. The third-order valence-corrected chi connectivity index (χ3v) is 5.15. The zero-order valence-electron chi connectivity index (χ0n) is 22.7. The van der Waals surface area contributed by atoms with Crippen molar-refractivity contribution in [3.63, 3.8) is 0 Å². The Hall–Kier alpha value is -2.57. The van der Waals surface area contributed by atoms with Crippen molar-refractivity contribution in [2.45, 2.75) is 106 Å². The van der Waals surface area contributed by atoms with Gasteiger partial charge in [-0.25, -0.2) is 4.79 Å². The Kier molecular flexibility index (Phi) is 11.1. The molecule has 1 rings (SSSR count).